The molecule has 2 amide bonds. The number of amides is 2. The first kappa shape index (κ1) is 16.9. The van der Waals surface area contributed by atoms with Gasteiger partial charge in [0.15, 0.2) is 0 Å². The van der Waals surface area contributed by atoms with E-state index in [2.05, 4.69) is 15.5 Å². The fourth-order valence-corrected chi connectivity index (χ4v) is 3.83. The molecular formula is C17H27N5O2. The van der Waals surface area contributed by atoms with Crippen LogP contribution in [-0.4, -0.2) is 50.6 Å². The first-order chi connectivity index (χ1) is 11.7. The van der Waals surface area contributed by atoms with Gasteiger partial charge in [-0.15, -0.1) is 10.2 Å². The van der Waals surface area contributed by atoms with Crippen molar-refractivity contribution in [3.05, 3.63) is 12.2 Å². The number of carbonyl (C=O) groups is 2. The highest BCUT2D eigenvalue weighted by Gasteiger charge is 2.34. The number of rotatable bonds is 6. The largest absolute Gasteiger partial charge is 0.355 e. The third kappa shape index (κ3) is 3.76. The zero-order chi connectivity index (χ0) is 16.9. The maximum atomic E-state index is 12.5. The average molecular weight is 333 g/mol. The molecule has 2 aliphatic rings. The Labute approximate surface area is 142 Å². The SMILES string of the molecule is CCn1cnnc1CCNC(=O)C1CCC(=O)N(C2CCCC2)C1. The number of hydrogen-bond acceptors (Lipinski definition) is 4. The molecule has 1 atom stereocenters. The lowest BCUT2D eigenvalue weighted by Gasteiger charge is -2.36. The topological polar surface area (TPSA) is 80.1 Å². The summed E-state index contributed by atoms with van der Waals surface area (Å²) >= 11 is 0. The quantitative estimate of drug-likeness (QED) is 0.846. The first-order valence-corrected chi connectivity index (χ1v) is 9.13. The molecule has 0 spiro atoms. The number of aryl methyl sites for hydroxylation is 1. The Morgan fingerprint density at radius 2 is 2.12 bits per heavy atom. The van der Waals surface area contributed by atoms with Crippen molar-refractivity contribution in [1.82, 2.24) is 25.0 Å². The van der Waals surface area contributed by atoms with Crippen molar-refractivity contribution < 1.29 is 9.59 Å². The molecule has 1 N–H and O–H groups in total. The number of hydrogen-bond donors (Lipinski definition) is 1. The molecule has 1 aromatic rings. The van der Waals surface area contributed by atoms with E-state index in [1.54, 1.807) is 6.33 Å². The molecule has 0 radical (unpaired) electrons. The van der Waals surface area contributed by atoms with E-state index in [0.717, 1.165) is 25.2 Å². The number of carbonyl (C=O) groups excluding carboxylic acids is 2. The van der Waals surface area contributed by atoms with E-state index in [0.29, 0.717) is 38.4 Å². The van der Waals surface area contributed by atoms with Crippen molar-refractivity contribution in [3.8, 4) is 0 Å². The lowest BCUT2D eigenvalue weighted by atomic mass is 9.95. The molecule has 7 nitrogen and oxygen atoms in total. The standard InChI is InChI=1S/C17H27N5O2/c1-2-21-12-19-20-15(21)9-10-18-17(24)13-7-8-16(23)22(11-13)14-5-3-4-6-14/h12-14H,2-11H2,1H3,(H,18,24). The van der Waals surface area contributed by atoms with Crippen molar-refractivity contribution in [3.63, 3.8) is 0 Å². The molecule has 3 rings (SSSR count). The van der Waals surface area contributed by atoms with Gasteiger partial charge in [0.1, 0.15) is 12.2 Å². The minimum atomic E-state index is -0.0765. The van der Waals surface area contributed by atoms with Crippen LogP contribution in [-0.2, 0) is 22.6 Å². The maximum Gasteiger partial charge on any atom is 0.224 e. The van der Waals surface area contributed by atoms with Gasteiger partial charge in [-0.3, -0.25) is 9.59 Å². The van der Waals surface area contributed by atoms with Gasteiger partial charge in [0.2, 0.25) is 11.8 Å². The molecule has 24 heavy (non-hydrogen) atoms. The monoisotopic (exact) mass is 333 g/mol. The second-order valence-electron chi connectivity index (χ2n) is 6.79. The summed E-state index contributed by atoms with van der Waals surface area (Å²) in [6.45, 7) is 4.02. The minimum Gasteiger partial charge on any atom is -0.355 e. The maximum absolute atomic E-state index is 12.5. The van der Waals surface area contributed by atoms with Crippen LogP contribution in [0.2, 0.25) is 0 Å². The fraction of sp³-hybridized carbons (Fsp3) is 0.765. The van der Waals surface area contributed by atoms with Crippen LogP contribution in [0.25, 0.3) is 0 Å². The van der Waals surface area contributed by atoms with Gasteiger partial charge in [-0.25, -0.2) is 0 Å². The smallest absolute Gasteiger partial charge is 0.224 e. The third-order valence-electron chi connectivity index (χ3n) is 5.26. The Morgan fingerprint density at radius 1 is 1.33 bits per heavy atom. The molecule has 1 saturated heterocycles. The van der Waals surface area contributed by atoms with Crippen molar-refractivity contribution in [1.29, 1.82) is 0 Å². The number of nitrogens with zero attached hydrogens (tertiary/aromatic N) is 4. The van der Waals surface area contributed by atoms with Gasteiger partial charge in [-0.05, 0) is 26.2 Å². The van der Waals surface area contributed by atoms with Gasteiger partial charge < -0.3 is 14.8 Å². The van der Waals surface area contributed by atoms with Gasteiger partial charge in [0.25, 0.3) is 0 Å². The predicted octanol–water partition coefficient (Wildman–Crippen LogP) is 1.14. The summed E-state index contributed by atoms with van der Waals surface area (Å²) in [5.74, 6) is 1.10. The van der Waals surface area contributed by atoms with E-state index in [-0.39, 0.29) is 17.7 Å². The molecular weight excluding hydrogens is 306 g/mol. The molecule has 2 heterocycles. The summed E-state index contributed by atoms with van der Waals surface area (Å²) in [5, 5.41) is 11.0. The fourth-order valence-electron chi connectivity index (χ4n) is 3.83. The second-order valence-corrected chi connectivity index (χ2v) is 6.79. The summed E-state index contributed by atoms with van der Waals surface area (Å²) in [5.41, 5.74) is 0. The van der Waals surface area contributed by atoms with Crippen LogP contribution in [0.1, 0.15) is 51.3 Å². The van der Waals surface area contributed by atoms with Gasteiger partial charge in [0.05, 0.1) is 5.92 Å². The third-order valence-corrected chi connectivity index (χ3v) is 5.26. The summed E-state index contributed by atoms with van der Waals surface area (Å²) in [6.07, 6.45) is 8.13. The van der Waals surface area contributed by atoms with Gasteiger partial charge >= 0.3 is 0 Å². The van der Waals surface area contributed by atoms with Gasteiger partial charge in [-0.1, -0.05) is 12.8 Å². The molecule has 132 valence electrons. The summed E-state index contributed by atoms with van der Waals surface area (Å²) in [7, 11) is 0. The van der Waals surface area contributed by atoms with Gasteiger partial charge in [-0.2, -0.15) is 0 Å². The Balaban J connectivity index is 1.48. The highest BCUT2D eigenvalue weighted by molar-refractivity contribution is 5.84. The number of piperidine rings is 1. The van der Waals surface area contributed by atoms with E-state index < -0.39 is 0 Å². The van der Waals surface area contributed by atoms with E-state index in [9.17, 15) is 9.59 Å². The highest BCUT2D eigenvalue weighted by Crippen LogP contribution is 2.28. The zero-order valence-electron chi connectivity index (χ0n) is 14.4. The molecule has 1 saturated carbocycles. The van der Waals surface area contributed by atoms with E-state index in [1.165, 1.54) is 12.8 Å². The Morgan fingerprint density at radius 3 is 2.88 bits per heavy atom. The van der Waals surface area contributed by atoms with Crippen LogP contribution in [0, 0.1) is 5.92 Å². The summed E-state index contributed by atoms with van der Waals surface area (Å²) in [4.78, 5) is 26.6. The minimum absolute atomic E-state index is 0.0630. The number of likely N-dealkylation sites (tertiary alicyclic amines) is 1. The van der Waals surface area contributed by atoms with Crippen LogP contribution in [0.4, 0.5) is 0 Å². The molecule has 2 fully saturated rings. The van der Waals surface area contributed by atoms with E-state index >= 15 is 0 Å². The van der Waals surface area contributed by atoms with Crippen LogP contribution in [0.15, 0.2) is 6.33 Å². The second kappa shape index (κ2) is 7.77. The Bertz CT molecular complexity index is 579. The molecule has 1 aromatic heterocycles. The van der Waals surface area contributed by atoms with Crippen LogP contribution < -0.4 is 5.32 Å². The van der Waals surface area contributed by atoms with Crippen LogP contribution in [0.5, 0.6) is 0 Å². The Hall–Kier alpha value is -1.92. The number of nitrogens with one attached hydrogen (secondary N) is 1. The number of aromatic nitrogens is 3. The van der Waals surface area contributed by atoms with E-state index in [1.807, 2.05) is 16.4 Å². The highest BCUT2D eigenvalue weighted by atomic mass is 16.2. The molecule has 7 heteroatoms. The molecule has 1 unspecified atom stereocenters. The molecule has 0 aromatic carbocycles. The lowest BCUT2D eigenvalue weighted by molar-refractivity contribution is -0.140. The predicted molar refractivity (Wildman–Crippen MR) is 89.1 cm³/mol. The average Bonchev–Trinajstić information content (AvgIpc) is 3.26. The van der Waals surface area contributed by atoms with Crippen molar-refractivity contribution in [2.75, 3.05) is 13.1 Å². The van der Waals surface area contributed by atoms with Crippen molar-refractivity contribution >= 4 is 11.8 Å². The summed E-state index contributed by atoms with van der Waals surface area (Å²) < 4.78 is 1.98. The normalized spacial score (nSPS) is 22.1. The molecule has 1 aliphatic carbocycles. The molecule has 1 aliphatic heterocycles. The van der Waals surface area contributed by atoms with Crippen molar-refractivity contribution in [2.45, 2.75) is 64.5 Å². The van der Waals surface area contributed by atoms with Crippen LogP contribution >= 0.6 is 0 Å². The summed E-state index contributed by atoms with van der Waals surface area (Å²) in [6, 6.07) is 0.358. The van der Waals surface area contributed by atoms with Gasteiger partial charge in [0, 0.05) is 38.5 Å². The Kier molecular flexibility index (Phi) is 5.48. The lowest BCUT2D eigenvalue weighted by Crippen LogP contribution is -2.49. The zero-order valence-corrected chi connectivity index (χ0v) is 14.4. The van der Waals surface area contributed by atoms with Crippen LogP contribution in [0.3, 0.4) is 0 Å². The first-order valence-electron chi connectivity index (χ1n) is 9.13. The van der Waals surface area contributed by atoms with Crippen molar-refractivity contribution in [2.24, 2.45) is 5.92 Å². The molecule has 0 bridgehead atoms. The van der Waals surface area contributed by atoms with E-state index in [4.69, 9.17) is 0 Å².